The second-order valence-corrected chi connectivity index (χ2v) is 6.90. The van der Waals surface area contributed by atoms with E-state index < -0.39 is 18.1 Å². The summed E-state index contributed by atoms with van der Waals surface area (Å²) < 4.78 is 40.3. The first-order valence-corrected chi connectivity index (χ1v) is 8.77. The Balaban J connectivity index is 1.83. The number of hydrogen-bond acceptors (Lipinski definition) is 3. The van der Waals surface area contributed by atoms with Gasteiger partial charge in [0.2, 0.25) is 0 Å². The van der Waals surface area contributed by atoms with Crippen LogP contribution in [0.1, 0.15) is 12.6 Å². The number of nitrogens with one attached hydrogen (secondary N) is 2. The van der Waals surface area contributed by atoms with Crippen molar-refractivity contribution in [1.29, 1.82) is 0 Å². The summed E-state index contributed by atoms with van der Waals surface area (Å²) in [7, 11) is 1.85. The van der Waals surface area contributed by atoms with Crippen molar-refractivity contribution in [2.24, 2.45) is 7.05 Å². The van der Waals surface area contributed by atoms with Crippen molar-refractivity contribution in [2.75, 3.05) is 5.32 Å². The molecular weight excluding hydrogens is 393 g/mol. The van der Waals surface area contributed by atoms with Gasteiger partial charge in [-0.1, -0.05) is 17.7 Å². The zero-order valence-electron chi connectivity index (χ0n) is 15.4. The van der Waals surface area contributed by atoms with E-state index in [1.54, 1.807) is 24.4 Å². The summed E-state index contributed by atoms with van der Waals surface area (Å²) in [6, 6.07) is 3.12. The number of imidazole rings is 1. The summed E-state index contributed by atoms with van der Waals surface area (Å²) in [6.45, 7) is 3.34. The molecule has 28 heavy (non-hydrogen) atoms. The highest BCUT2D eigenvalue weighted by Crippen LogP contribution is 2.31. The van der Waals surface area contributed by atoms with Crippen LogP contribution in [0.5, 0.6) is 0 Å². The first-order chi connectivity index (χ1) is 13.1. The molecule has 1 aromatic heterocycles. The average Bonchev–Trinajstić information content (AvgIpc) is 2.94. The molecule has 148 valence electrons. The summed E-state index contributed by atoms with van der Waals surface area (Å²) in [5.41, 5.74) is 2.31. The number of halogens is 4. The van der Waals surface area contributed by atoms with Crippen molar-refractivity contribution >= 4 is 23.2 Å². The summed E-state index contributed by atoms with van der Waals surface area (Å²) in [6.07, 6.45) is -0.615. The predicted molar refractivity (Wildman–Crippen MR) is 102 cm³/mol. The molecule has 0 bridgehead atoms. The average molecular weight is 411 g/mol. The maximum absolute atomic E-state index is 12.8. The quantitative estimate of drug-likeness (QED) is 0.790. The van der Waals surface area contributed by atoms with Gasteiger partial charge in [-0.15, -0.1) is 0 Å². The van der Waals surface area contributed by atoms with Gasteiger partial charge in [0, 0.05) is 35.9 Å². The van der Waals surface area contributed by atoms with Gasteiger partial charge < -0.3 is 15.2 Å². The van der Waals surface area contributed by atoms with Crippen LogP contribution in [-0.4, -0.2) is 27.7 Å². The number of anilines is 1. The van der Waals surface area contributed by atoms with Gasteiger partial charge >= 0.3 is 6.18 Å². The zero-order valence-corrected chi connectivity index (χ0v) is 16.1. The Hall–Kier alpha value is -2.74. The second kappa shape index (κ2) is 7.35. The molecule has 2 N–H and O–H groups in total. The SMILES string of the molecule is CC1=C(C(=O)Nc2ccc(Cl)c(-c3ncc(C)n3C)c2)C=CC(C(F)(F)F)N1. The Bertz CT molecular complexity index is 992. The number of alkyl halides is 3. The van der Waals surface area contributed by atoms with Crippen LogP contribution in [0.15, 0.2) is 47.8 Å². The lowest BCUT2D eigenvalue weighted by Crippen LogP contribution is -2.42. The number of nitrogens with zero attached hydrogens (tertiary/aromatic N) is 2. The van der Waals surface area contributed by atoms with Gasteiger partial charge in [0.25, 0.3) is 5.91 Å². The Morgan fingerprint density at radius 3 is 2.61 bits per heavy atom. The molecule has 0 spiro atoms. The van der Waals surface area contributed by atoms with Gasteiger partial charge in [0.1, 0.15) is 11.9 Å². The molecule has 0 radical (unpaired) electrons. The summed E-state index contributed by atoms with van der Waals surface area (Å²) in [5, 5.41) is 5.46. The summed E-state index contributed by atoms with van der Waals surface area (Å²) in [5.74, 6) is 0.118. The van der Waals surface area contributed by atoms with E-state index in [4.69, 9.17) is 11.6 Å². The van der Waals surface area contributed by atoms with Crippen molar-refractivity contribution in [3.63, 3.8) is 0 Å². The van der Waals surface area contributed by atoms with Gasteiger partial charge in [0.05, 0.1) is 10.6 Å². The van der Waals surface area contributed by atoms with Crippen LogP contribution in [0.4, 0.5) is 18.9 Å². The minimum Gasteiger partial charge on any atom is -0.374 e. The molecule has 0 fully saturated rings. The van der Waals surface area contributed by atoms with E-state index in [-0.39, 0.29) is 11.3 Å². The van der Waals surface area contributed by atoms with Gasteiger partial charge in [-0.05, 0) is 38.1 Å². The van der Waals surface area contributed by atoms with Gasteiger partial charge in [-0.3, -0.25) is 4.79 Å². The lowest BCUT2D eigenvalue weighted by Gasteiger charge is -2.24. The fraction of sp³-hybridized carbons (Fsp3) is 0.263. The maximum atomic E-state index is 12.8. The summed E-state index contributed by atoms with van der Waals surface area (Å²) >= 11 is 6.28. The molecule has 1 aliphatic rings. The van der Waals surface area contributed by atoms with E-state index >= 15 is 0 Å². The van der Waals surface area contributed by atoms with Crippen LogP contribution < -0.4 is 10.6 Å². The molecule has 1 atom stereocenters. The molecule has 1 aliphatic heterocycles. The van der Waals surface area contributed by atoms with Crippen LogP contribution in [0.3, 0.4) is 0 Å². The molecule has 0 saturated carbocycles. The smallest absolute Gasteiger partial charge is 0.374 e. The molecule has 0 aliphatic carbocycles. The topological polar surface area (TPSA) is 59.0 Å². The Labute approximate surface area is 164 Å². The van der Waals surface area contributed by atoms with Crippen molar-refractivity contribution in [1.82, 2.24) is 14.9 Å². The molecule has 3 rings (SSSR count). The van der Waals surface area contributed by atoms with Gasteiger partial charge in [-0.25, -0.2) is 4.98 Å². The molecule has 1 amide bonds. The normalized spacial score (nSPS) is 16.9. The van der Waals surface area contributed by atoms with Crippen molar-refractivity contribution in [2.45, 2.75) is 26.1 Å². The molecule has 2 heterocycles. The minimum absolute atomic E-state index is 0.129. The number of allylic oxidation sites excluding steroid dienone is 1. The Kier molecular flexibility index (Phi) is 5.25. The molecule has 5 nitrogen and oxygen atoms in total. The van der Waals surface area contributed by atoms with Crippen molar-refractivity contribution < 1.29 is 18.0 Å². The van der Waals surface area contributed by atoms with Crippen LogP contribution in [-0.2, 0) is 11.8 Å². The minimum atomic E-state index is -4.43. The number of rotatable bonds is 3. The number of dihydropyridines is 1. The van der Waals surface area contributed by atoms with Gasteiger partial charge in [0.15, 0.2) is 0 Å². The third-order valence-electron chi connectivity index (χ3n) is 4.51. The van der Waals surface area contributed by atoms with E-state index in [1.807, 2.05) is 18.5 Å². The van der Waals surface area contributed by atoms with Crippen LogP contribution in [0.2, 0.25) is 5.02 Å². The molecular formula is C19H18ClF3N4O. The van der Waals surface area contributed by atoms with Crippen LogP contribution in [0, 0.1) is 6.92 Å². The second-order valence-electron chi connectivity index (χ2n) is 6.49. The lowest BCUT2D eigenvalue weighted by molar-refractivity contribution is -0.143. The predicted octanol–water partition coefficient (Wildman–Crippen LogP) is 4.35. The molecule has 2 aromatic rings. The third-order valence-corrected chi connectivity index (χ3v) is 4.84. The fourth-order valence-electron chi connectivity index (χ4n) is 2.83. The molecule has 1 aromatic carbocycles. The van der Waals surface area contributed by atoms with Crippen molar-refractivity contribution in [3.05, 3.63) is 58.5 Å². The first kappa shape index (κ1) is 20.0. The highest BCUT2D eigenvalue weighted by atomic mass is 35.5. The highest BCUT2D eigenvalue weighted by Gasteiger charge is 2.39. The largest absolute Gasteiger partial charge is 0.412 e. The molecule has 1 unspecified atom stereocenters. The van der Waals surface area contributed by atoms with Crippen LogP contribution in [0.25, 0.3) is 11.4 Å². The number of aryl methyl sites for hydroxylation is 1. The fourth-order valence-corrected chi connectivity index (χ4v) is 3.03. The van der Waals surface area contributed by atoms with E-state index in [9.17, 15) is 18.0 Å². The standard InChI is InChI=1S/C19H18ClF3N4O/c1-10-9-24-17(27(10)3)14-8-12(4-6-15(14)20)26-18(28)13-5-7-16(19(21,22)23)25-11(13)2/h4-9,16,25H,1-3H3,(H,26,28). The van der Waals surface area contributed by atoms with E-state index in [0.29, 0.717) is 22.1 Å². The number of aromatic nitrogens is 2. The van der Waals surface area contributed by atoms with E-state index in [0.717, 1.165) is 11.8 Å². The van der Waals surface area contributed by atoms with E-state index in [1.165, 1.54) is 13.0 Å². The number of benzene rings is 1. The zero-order chi connectivity index (χ0) is 20.6. The maximum Gasteiger partial charge on any atom is 0.412 e. The molecule has 0 saturated heterocycles. The highest BCUT2D eigenvalue weighted by molar-refractivity contribution is 6.33. The Morgan fingerprint density at radius 1 is 1.32 bits per heavy atom. The number of carbonyl (C=O) groups is 1. The van der Waals surface area contributed by atoms with E-state index in [2.05, 4.69) is 15.6 Å². The number of amides is 1. The Morgan fingerprint density at radius 2 is 2.04 bits per heavy atom. The number of carbonyl (C=O) groups excluding carboxylic acids is 1. The van der Waals surface area contributed by atoms with Gasteiger partial charge in [-0.2, -0.15) is 13.2 Å². The summed E-state index contributed by atoms with van der Waals surface area (Å²) in [4.78, 5) is 16.9. The third kappa shape index (κ3) is 3.91. The monoisotopic (exact) mass is 410 g/mol. The first-order valence-electron chi connectivity index (χ1n) is 8.40. The lowest BCUT2D eigenvalue weighted by atomic mass is 10.1. The van der Waals surface area contributed by atoms with Crippen molar-refractivity contribution in [3.8, 4) is 11.4 Å². The number of hydrogen-bond donors (Lipinski definition) is 2. The van der Waals surface area contributed by atoms with Crippen LogP contribution >= 0.6 is 11.6 Å². The molecule has 9 heteroatoms.